The highest BCUT2D eigenvalue weighted by molar-refractivity contribution is 7.87. The summed E-state index contributed by atoms with van der Waals surface area (Å²) in [7, 11) is -3.77. The molecule has 0 amide bonds. The Labute approximate surface area is 89.5 Å². The monoisotopic (exact) mass is 246 g/mol. The standard InChI is InChI=1S/C6H14N2O4S.ClH/c1-2-3-13(10,11)12-6(9)5(8)4-7;/h5H,2-4,7-8H2,1H3;1H/t5-;/m0./s1. The number of hydrogen-bond acceptors (Lipinski definition) is 6. The van der Waals surface area contributed by atoms with Crippen LogP contribution >= 0.6 is 12.4 Å². The summed E-state index contributed by atoms with van der Waals surface area (Å²) < 4.78 is 26.0. The molecule has 1 atom stereocenters. The van der Waals surface area contributed by atoms with E-state index in [-0.39, 0.29) is 24.7 Å². The largest absolute Gasteiger partial charge is 0.344 e. The summed E-state index contributed by atoms with van der Waals surface area (Å²) in [6.45, 7) is 1.52. The van der Waals surface area contributed by atoms with Crippen LogP contribution in [0.5, 0.6) is 0 Å². The van der Waals surface area contributed by atoms with Crippen molar-refractivity contribution in [3.63, 3.8) is 0 Å². The second-order valence-corrected chi connectivity index (χ2v) is 4.20. The molecule has 0 aromatic heterocycles. The second-order valence-electron chi connectivity index (χ2n) is 2.51. The van der Waals surface area contributed by atoms with Crippen molar-refractivity contribution in [3.8, 4) is 0 Å². The van der Waals surface area contributed by atoms with E-state index < -0.39 is 22.1 Å². The number of rotatable bonds is 5. The van der Waals surface area contributed by atoms with Crippen molar-refractivity contribution in [3.05, 3.63) is 0 Å². The molecule has 14 heavy (non-hydrogen) atoms. The Morgan fingerprint density at radius 2 is 2.00 bits per heavy atom. The average molecular weight is 247 g/mol. The Kier molecular flexibility index (Phi) is 8.03. The number of carbonyl (C=O) groups excluding carboxylic acids is 1. The van der Waals surface area contributed by atoms with Gasteiger partial charge in [-0.15, -0.1) is 12.4 Å². The molecule has 86 valence electrons. The minimum absolute atomic E-state index is 0. The van der Waals surface area contributed by atoms with Crippen molar-refractivity contribution in [1.29, 1.82) is 0 Å². The van der Waals surface area contributed by atoms with Crippen molar-refractivity contribution in [1.82, 2.24) is 0 Å². The van der Waals surface area contributed by atoms with Gasteiger partial charge in [0.25, 0.3) is 0 Å². The lowest BCUT2D eigenvalue weighted by Gasteiger charge is -2.08. The van der Waals surface area contributed by atoms with E-state index in [1.807, 2.05) is 0 Å². The van der Waals surface area contributed by atoms with E-state index in [2.05, 4.69) is 4.18 Å². The van der Waals surface area contributed by atoms with Gasteiger partial charge in [0.15, 0.2) is 0 Å². The van der Waals surface area contributed by atoms with Crippen molar-refractivity contribution in [2.24, 2.45) is 11.5 Å². The van der Waals surface area contributed by atoms with Crippen LogP contribution in [0.2, 0.25) is 0 Å². The molecule has 6 nitrogen and oxygen atoms in total. The highest BCUT2D eigenvalue weighted by Crippen LogP contribution is 1.97. The maximum atomic E-state index is 10.9. The Morgan fingerprint density at radius 3 is 2.36 bits per heavy atom. The molecule has 0 heterocycles. The van der Waals surface area contributed by atoms with Crippen LogP contribution in [0.25, 0.3) is 0 Å². The predicted octanol–water partition coefficient (Wildman–Crippen LogP) is -1.02. The van der Waals surface area contributed by atoms with E-state index in [0.29, 0.717) is 6.42 Å². The van der Waals surface area contributed by atoms with E-state index in [4.69, 9.17) is 11.5 Å². The molecule has 0 radical (unpaired) electrons. The zero-order valence-corrected chi connectivity index (χ0v) is 9.44. The summed E-state index contributed by atoms with van der Waals surface area (Å²) in [6, 6.07) is -1.08. The molecule has 0 aliphatic rings. The minimum Gasteiger partial charge on any atom is -0.344 e. The molecule has 8 heteroatoms. The molecule has 0 aromatic carbocycles. The molecule has 0 fully saturated rings. The lowest BCUT2D eigenvalue weighted by atomic mass is 10.3. The van der Waals surface area contributed by atoms with Crippen LogP contribution < -0.4 is 11.5 Å². The van der Waals surface area contributed by atoms with Crippen molar-refractivity contribution < 1.29 is 17.4 Å². The number of hydrogen-bond donors (Lipinski definition) is 2. The van der Waals surface area contributed by atoms with Gasteiger partial charge >= 0.3 is 16.1 Å². The van der Waals surface area contributed by atoms with Gasteiger partial charge in [0.05, 0.1) is 5.75 Å². The summed E-state index contributed by atoms with van der Waals surface area (Å²) in [5.41, 5.74) is 10.2. The van der Waals surface area contributed by atoms with Gasteiger partial charge in [-0.05, 0) is 6.42 Å². The van der Waals surface area contributed by atoms with Gasteiger partial charge in [-0.25, -0.2) is 4.79 Å². The third kappa shape index (κ3) is 6.14. The van der Waals surface area contributed by atoms with Crippen molar-refractivity contribution >= 4 is 28.5 Å². The first-order chi connectivity index (χ1) is 5.93. The zero-order valence-electron chi connectivity index (χ0n) is 7.80. The summed E-state index contributed by atoms with van der Waals surface area (Å²) >= 11 is 0. The highest BCUT2D eigenvalue weighted by Gasteiger charge is 2.20. The first kappa shape index (κ1) is 16.1. The fraction of sp³-hybridized carbons (Fsp3) is 0.833. The van der Waals surface area contributed by atoms with Gasteiger partial charge in [0, 0.05) is 6.54 Å². The van der Waals surface area contributed by atoms with Crippen LogP contribution in [0.4, 0.5) is 0 Å². The average Bonchev–Trinajstić information content (AvgIpc) is 2.01. The molecule has 4 N–H and O–H groups in total. The Hall–Kier alpha value is -0.370. The SMILES string of the molecule is CCCS(=O)(=O)OC(=O)[C@@H](N)CN.Cl. The van der Waals surface area contributed by atoms with Crippen LogP contribution in [-0.4, -0.2) is 32.7 Å². The Morgan fingerprint density at radius 1 is 1.50 bits per heavy atom. The number of carbonyl (C=O) groups is 1. The molecule has 0 aromatic rings. The topological polar surface area (TPSA) is 112 Å². The molecule has 0 bridgehead atoms. The van der Waals surface area contributed by atoms with Gasteiger partial charge in [-0.1, -0.05) is 6.92 Å². The second kappa shape index (κ2) is 6.99. The van der Waals surface area contributed by atoms with E-state index in [1.165, 1.54) is 0 Å². The van der Waals surface area contributed by atoms with Gasteiger partial charge in [0.1, 0.15) is 6.04 Å². The quantitative estimate of drug-likeness (QED) is 0.601. The zero-order chi connectivity index (χ0) is 10.5. The summed E-state index contributed by atoms with van der Waals surface area (Å²) in [5, 5.41) is 0. The minimum atomic E-state index is -3.77. The van der Waals surface area contributed by atoms with Crippen LogP contribution in [-0.2, 0) is 19.1 Å². The molecular formula is C6H15ClN2O4S. The molecule has 0 spiro atoms. The predicted molar refractivity (Wildman–Crippen MR) is 54.4 cm³/mol. The fourth-order valence-corrected chi connectivity index (χ4v) is 1.53. The van der Waals surface area contributed by atoms with Crippen LogP contribution in [0.3, 0.4) is 0 Å². The maximum absolute atomic E-state index is 10.9. The third-order valence-electron chi connectivity index (χ3n) is 1.22. The van der Waals surface area contributed by atoms with E-state index in [9.17, 15) is 13.2 Å². The number of nitrogens with two attached hydrogens (primary N) is 2. The number of halogens is 1. The Balaban J connectivity index is 0. The fourth-order valence-electron chi connectivity index (χ4n) is 0.575. The Bertz CT molecular complexity index is 267. The lowest BCUT2D eigenvalue weighted by molar-refractivity contribution is -0.135. The lowest BCUT2D eigenvalue weighted by Crippen LogP contribution is -2.40. The first-order valence-corrected chi connectivity index (χ1v) is 5.42. The van der Waals surface area contributed by atoms with Gasteiger partial charge in [-0.2, -0.15) is 8.42 Å². The maximum Gasteiger partial charge on any atom is 0.340 e. The van der Waals surface area contributed by atoms with E-state index in [0.717, 1.165) is 0 Å². The van der Waals surface area contributed by atoms with E-state index >= 15 is 0 Å². The summed E-state index contributed by atoms with van der Waals surface area (Å²) in [6.07, 6.45) is 0.382. The van der Waals surface area contributed by atoms with Crippen molar-refractivity contribution in [2.45, 2.75) is 19.4 Å². The summed E-state index contributed by atoms with van der Waals surface area (Å²) in [4.78, 5) is 10.9. The molecule has 0 aliphatic heterocycles. The van der Waals surface area contributed by atoms with Gasteiger partial charge in [0.2, 0.25) is 0 Å². The molecule has 0 unspecified atom stereocenters. The normalized spacial score (nSPS) is 12.8. The smallest absolute Gasteiger partial charge is 0.340 e. The van der Waals surface area contributed by atoms with Crippen molar-refractivity contribution in [2.75, 3.05) is 12.3 Å². The third-order valence-corrected chi connectivity index (χ3v) is 2.55. The van der Waals surface area contributed by atoms with Crippen LogP contribution in [0.15, 0.2) is 0 Å². The first-order valence-electron chi connectivity index (χ1n) is 3.84. The molecule has 0 saturated heterocycles. The van der Waals surface area contributed by atoms with Crippen LogP contribution in [0, 0.1) is 0 Å². The van der Waals surface area contributed by atoms with E-state index in [1.54, 1.807) is 6.92 Å². The molecule has 0 saturated carbocycles. The molecule has 0 aliphatic carbocycles. The van der Waals surface area contributed by atoms with Gasteiger partial charge < -0.3 is 15.7 Å². The highest BCUT2D eigenvalue weighted by atomic mass is 35.5. The van der Waals surface area contributed by atoms with Crippen LogP contribution in [0.1, 0.15) is 13.3 Å². The molecule has 0 rings (SSSR count). The van der Waals surface area contributed by atoms with Gasteiger partial charge in [-0.3, -0.25) is 0 Å². The molecular weight excluding hydrogens is 232 g/mol. The summed E-state index contributed by atoms with van der Waals surface area (Å²) in [5.74, 6) is -1.20.